The molecule has 0 spiro atoms. The molecular formula is C17H19ClF3N5O2. The number of aliphatic carboxylic acids is 1. The summed E-state index contributed by atoms with van der Waals surface area (Å²) in [6.07, 6.45) is -3.25. The molecule has 0 saturated heterocycles. The molecule has 2 aromatic heterocycles. The summed E-state index contributed by atoms with van der Waals surface area (Å²) in [4.78, 5) is 21.1. The van der Waals surface area contributed by atoms with E-state index in [1.54, 1.807) is 0 Å². The molecule has 3 rings (SSSR count). The average molecular weight is 418 g/mol. The Balaban J connectivity index is 0.000000345. The molecule has 2 heterocycles. The number of nitrogens with zero attached hydrogens (tertiary/aromatic N) is 3. The molecule has 0 fully saturated rings. The van der Waals surface area contributed by atoms with Gasteiger partial charge in [0.25, 0.3) is 0 Å². The van der Waals surface area contributed by atoms with E-state index < -0.39 is 12.1 Å². The highest BCUT2D eigenvalue weighted by molar-refractivity contribution is 6.35. The van der Waals surface area contributed by atoms with E-state index in [-0.39, 0.29) is 6.04 Å². The van der Waals surface area contributed by atoms with E-state index in [0.29, 0.717) is 6.54 Å². The van der Waals surface area contributed by atoms with Crippen LogP contribution < -0.4 is 5.32 Å². The number of imidazole rings is 2. The van der Waals surface area contributed by atoms with Gasteiger partial charge in [0.1, 0.15) is 11.6 Å². The first-order valence-electron chi connectivity index (χ1n) is 8.15. The lowest BCUT2D eigenvalue weighted by atomic mass is 10.3. The number of hydrogen-bond donors (Lipinski definition) is 3. The van der Waals surface area contributed by atoms with E-state index in [9.17, 15) is 13.2 Å². The van der Waals surface area contributed by atoms with Gasteiger partial charge in [0.2, 0.25) is 0 Å². The van der Waals surface area contributed by atoms with Gasteiger partial charge < -0.3 is 20.0 Å². The molecule has 3 aromatic rings. The monoisotopic (exact) mass is 417 g/mol. The van der Waals surface area contributed by atoms with Crippen LogP contribution in [0.25, 0.3) is 11.0 Å². The maximum absolute atomic E-state index is 10.6. The molecule has 11 heteroatoms. The number of para-hydroxylation sites is 1. The molecule has 0 bridgehead atoms. The number of alkyl halides is 3. The highest BCUT2D eigenvalue weighted by Crippen LogP contribution is 2.23. The molecule has 0 aliphatic rings. The summed E-state index contributed by atoms with van der Waals surface area (Å²) in [5, 5.41) is 11.3. The molecule has 152 valence electrons. The van der Waals surface area contributed by atoms with Crippen molar-refractivity contribution in [2.24, 2.45) is 7.05 Å². The smallest absolute Gasteiger partial charge is 0.475 e. The quantitative estimate of drug-likeness (QED) is 0.601. The normalized spacial score (nSPS) is 12.5. The lowest BCUT2D eigenvalue weighted by molar-refractivity contribution is -0.192. The molecule has 0 saturated carbocycles. The largest absolute Gasteiger partial charge is 0.490 e. The van der Waals surface area contributed by atoms with E-state index in [1.807, 2.05) is 42.9 Å². The van der Waals surface area contributed by atoms with Crippen LogP contribution in [0.2, 0.25) is 5.02 Å². The number of nitrogens with one attached hydrogen (secondary N) is 2. The van der Waals surface area contributed by atoms with Crippen molar-refractivity contribution in [2.45, 2.75) is 32.6 Å². The van der Waals surface area contributed by atoms with Crippen molar-refractivity contribution < 1.29 is 23.1 Å². The van der Waals surface area contributed by atoms with Gasteiger partial charge in [-0.05, 0) is 26.0 Å². The highest BCUT2D eigenvalue weighted by atomic mass is 35.5. The number of aromatic amines is 1. The van der Waals surface area contributed by atoms with Crippen molar-refractivity contribution in [3.8, 4) is 0 Å². The Morgan fingerprint density at radius 1 is 1.43 bits per heavy atom. The number of hydrogen-bond acceptors (Lipinski definition) is 4. The number of halogens is 4. The summed E-state index contributed by atoms with van der Waals surface area (Å²) in [6.45, 7) is 4.73. The lowest BCUT2D eigenvalue weighted by Crippen LogP contribution is -2.21. The van der Waals surface area contributed by atoms with Gasteiger partial charge in [-0.15, -0.1) is 0 Å². The number of carboxylic acid groups (broad SMARTS) is 1. The topological polar surface area (TPSA) is 95.8 Å². The first-order valence-corrected chi connectivity index (χ1v) is 8.53. The molecule has 0 aliphatic carbocycles. The van der Waals surface area contributed by atoms with Crippen molar-refractivity contribution >= 4 is 28.6 Å². The minimum Gasteiger partial charge on any atom is -0.475 e. The minimum absolute atomic E-state index is 0.133. The zero-order valence-electron chi connectivity index (χ0n) is 15.3. The van der Waals surface area contributed by atoms with Gasteiger partial charge >= 0.3 is 12.1 Å². The summed E-state index contributed by atoms with van der Waals surface area (Å²) < 4.78 is 33.8. The van der Waals surface area contributed by atoms with Crippen molar-refractivity contribution in [2.75, 3.05) is 0 Å². The van der Waals surface area contributed by atoms with Gasteiger partial charge in [0.15, 0.2) is 0 Å². The van der Waals surface area contributed by atoms with E-state index in [4.69, 9.17) is 21.5 Å². The van der Waals surface area contributed by atoms with Crippen LogP contribution in [0.3, 0.4) is 0 Å². The molecule has 0 aliphatic heterocycles. The summed E-state index contributed by atoms with van der Waals surface area (Å²) in [7, 11) is 1.99. The Kier molecular flexibility index (Phi) is 6.68. The molecule has 1 unspecified atom stereocenters. The van der Waals surface area contributed by atoms with Gasteiger partial charge in [-0.1, -0.05) is 17.7 Å². The Bertz CT molecular complexity index is 968. The van der Waals surface area contributed by atoms with Crippen LogP contribution in [0, 0.1) is 6.92 Å². The van der Waals surface area contributed by atoms with E-state index in [1.165, 1.54) is 0 Å². The van der Waals surface area contributed by atoms with Gasteiger partial charge in [0.05, 0.1) is 28.6 Å². The number of aromatic nitrogens is 4. The van der Waals surface area contributed by atoms with Crippen LogP contribution in [0.5, 0.6) is 0 Å². The number of carboxylic acids is 1. The second-order valence-corrected chi connectivity index (χ2v) is 6.46. The van der Waals surface area contributed by atoms with Crippen molar-refractivity contribution in [1.82, 2.24) is 24.8 Å². The summed E-state index contributed by atoms with van der Waals surface area (Å²) in [5.74, 6) is -0.870. The fourth-order valence-electron chi connectivity index (χ4n) is 2.42. The molecule has 0 amide bonds. The Hall–Kier alpha value is -2.59. The Morgan fingerprint density at radius 2 is 2.07 bits per heavy atom. The summed E-state index contributed by atoms with van der Waals surface area (Å²) in [6, 6.07) is 5.92. The van der Waals surface area contributed by atoms with Crippen LogP contribution in [0.15, 0.2) is 24.4 Å². The van der Waals surface area contributed by atoms with Crippen molar-refractivity contribution in [1.29, 1.82) is 0 Å². The number of rotatable bonds is 4. The zero-order chi connectivity index (χ0) is 21.1. The molecule has 1 atom stereocenters. The molecular weight excluding hydrogens is 399 g/mol. The SMILES string of the molecule is Cc1cnc(C(C)NCc2nc3cccc(Cl)c3n2C)[nH]1.O=C(O)C(F)(F)F. The van der Waals surface area contributed by atoms with E-state index >= 15 is 0 Å². The Labute approximate surface area is 163 Å². The van der Waals surface area contributed by atoms with Crippen LogP contribution >= 0.6 is 11.6 Å². The van der Waals surface area contributed by atoms with E-state index in [2.05, 4.69) is 27.2 Å². The maximum Gasteiger partial charge on any atom is 0.490 e. The van der Waals surface area contributed by atoms with Gasteiger partial charge in [-0.2, -0.15) is 13.2 Å². The molecule has 28 heavy (non-hydrogen) atoms. The maximum atomic E-state index is 10.6. The first-order chi connectivity index (χ1) is 13.0. The number of benzene rings is 1. The third kappa shape index (κ3) is 5.23. The molecule has 0 radical (unpaired) electrons. The average Bonchev–Trinajstić information content (AvgIpc) is 3.17. The minimum atomic E-state index is -5.08. The lowest BCUT2D eigenvalue weighted by Gasteiger charge is -2.11. The third-order valence-corrected chi connectivity index (χ3v) is 4.18. The second kappa shape index (κ2) is 8.61. The fourth-order valence-corrected chi connectivity index (χ4v) is 2.72. The molecule has 7 nitrogen and oxygen atoms in total. The molecule has 3 N–H and O–H groups in total. The standard InChI is InChI=1S/C15H18ClN5.C2HF3O2/c1-9-7-18-15(19-9)10(2)17-8-13-20-12-6-4-5-11(16)14(12)21(13)3;3-2(4,5)1(6)7/h4-7,10,17H,8H2,1-3H3,(H,18,19);(H,6,7). The van der Waals surface area contributed by atoms with Gasteiger partial charge in [0, 0.05) is 18.9 Å². The van der Waals surface area contributed by atoms with Crippen LogP contribution in [0.1, 0.15) is 30.3 Å². The Morgan fingerprint density at radius 3 is 2.57 bits per heavy atom. The molecule has 1 aromatic carbocycles. The van der Waals surface area contributed by atoms with Gasteiger partial charge in [-0.3, -0.25) is 0 Å². The number of fused-ring (bicyclic) bond motifs is 1. The number of H-pyrrole nitrogens is 1. The van der Waals surface area contributed by atoms with Crippen molar-refractivity contribution in [3.05, 3.63) is 46.8 Å². The van der Waals surface area contributed by atoms with E-state index in [0.717, 1.165) is 33.4 Å². The second-order valence-electron chi connectivity index (χ2n) is 6.05. The number of aryl methyl sites for hydroxylation is 2. The van der Waals surface area contributed by atoms with Crippen LogP contribution in [-0.2, 0) is 18.4 Å². The third-order valence-electron chi connectivity index (χ3n) is 3.88. The predicted octanol–water partition coefficient (Wildman–Crippen LogP) is 3.74. The highest BCUT2D eigenvalue weighted by Gasteiger charge is 2.38. The van der Waals surface area contributed by atoms with Crippen LogP contribution in [-0.4, -0.2) is 36.8 Å². The fraction of sp³-hybridized carbons (Fsp3) is 0.353. The predicted molar refractivity (Wildman–Crippen MR) is 98.0 cm³/mol. The first kappa shape index (κ1) is 21.7. The van der Waals surface area contributed by atoms with Gasteiger partial charge in [-0.25, -0.2) is 14.8 Å². The summed E-state index contributed by atoms with van der Waals surface area (Å²) >= 11 is 6.24. The zero-order valence-corrected chi connectivity index (χ0v) is 16.1. The summed E-state index contributed by atoms with van der Waals surface area (Å²) in [5.41, 5.74) is 2.95. The van der Waals surface area contributed by atoms with Crippen LogP contribution in [0.4, 0.5) is 13.2 Å². The van der Waals surface area contributed by atoms with Crippen molar-refractivity contribution in [3.63, 3.8) is 0 Å². The number of carbonyl (C=O) groups is 1.